The number of aryl methyl sites for hydroxylation is 1. The third kappa shape index (κ3) is 4.31. The molecule has 0 amide bonds. The van der Waals surface area contributed by atoms with Gasteiger partial charge in [0, 0.05) is 10.6 Å². The van der Waals surface area contributed by atoms with Crippen molar-refractivity contribution >= 4 is 27.5 Å². The fraction of sp³-hybridized carbons (Fsp3) is 0.0500. The molecule has 0 aliphatic carbocycles. The number of nitrogens with zero attached hydrogens (tertiary/aromatic N) is 1. The number of para-hydroxylation sites is 1. The van der Waals surface area contributed by atoms with Crippen molar-refractivity contribution in [2.75, 3.05) is 0 Å². The van der Waals surface area contributed by atoms with Crippen molar-refractivity contribution in [2.24, 2.45) is 4.40 Å². The monoisotopic (exact) mass is 385 g/mol. The fourth-order valence-corrected chi connectivity index (χ4v) is 3.33. The molecular formula is C20H16ClNO3S. The quantitative estimate of drug-likeness (QED) is 0.476. The lowest BCUT2D eigenvalue weighted by Gasteiger charge is -2.11. The first-order chi connectivity index (χ1) is 12.5. The molecule has 0 radical (unpaired) electrons. The highest BCUT2D eigenvalue weighted by molar-refractivity contribution is 7.90. The summed E-state index contributed by atoms with van der Waals surface area (Å²) < 4.78 is 35.2. The largest absolute Gasteiger partial charge is 0.437 e. The molecule has 0 spiro atoms. The Morgan fingerprint density at radius 2 is 1.50 bits per heavy atom. The van der Waals surface area contributed by atoms with Crippen LogP contribution in [0.15, 0.2) is 88.2 Å². The molecule has 0 saturated carbocycles. The number of hydrogen-bond acceptors (Lipinski definition) is 3. The van der Waals surface area contributed by atoms with E-state index < -0.39 is 10.0 Å². The maximum absolute atomic E-state index is 12.7. The van der Waals surface area contributed by atoms with E-state index in [0.717, 1.165) is 5.56 Å². The summed E-state index contributed by atoms with van der Waals surface area (Å²) in [6, 6.07) is 22.1. The molecule has 0 atom stereocenters. The molecule has 0 unspecified atom stereocenters. The van der Waals surface area contributed by atoms with Crippen molar-refractivity contribution in [2.45, 2.75) is 11.8 Å². The third-order valence-corrected chi connectivity index (χ3v) is 5.16. The second-order valence-corrected chi connectivity index (χ2v) is 7.60. The van der Waals surface area contributed by atoms with Crippen molar-refractivity contribution < 1.29 is 13.2 Å². The SMILES string of the molecule is Cc1ccccc1O/C(=N/S(=O)(=O)c1ccc(Cl)cc1)c1ccccc1. The Kier molecular flexibility index (Phi) is 5.40. The zero-order valence-corrected chi connectivity index (χ0v) is 15.5. The standard InChI is InChI=1S/C20H16ClNO3S/c1-15-7-5-6-10-19(15)25-20(16-8-3-2-4-9-16)22-26(23,24)18-13-11-17(21)12-14-18/h2-14H,1H3/b22-20+. The van der Waals surface area contributed by atoms with Gasteiger partial charge < -0.3 is 4.74 Å². The summed E-state index contributed by atoms with van der Waals surface area (Å²) in [4.78, 5) is 0.0451. The summed E-state index contributed by atoms with van der Waals surface area (Å²) in [5.41, 5.74) is 1.44. The Balaban J connectivity index is 2.07. The smallest absolute Gasteiger partial charge is 0.285 e. The van der Waals surface area contributed by atoms with Crippen LogP contribution in [0.5, 0.6) is 5.75 Å². The van der Waals surface area contributed by atoms with E-state index in [9.17, 15) is 8.42 Å². The zero-order chi connectivity index (χ0) is 18.6. The van der Waals surface area contributed by atoms with Crippen LogP contribution in [-0.4, -0.2) is 14.3 Å². The Hall–Kier alpha value is -2.63. The number of hydrogen-bond donors (Lipinski definition) is 0. The second kappa shape index (κ2) is 7.72. The molecule has 132 valence electrons. The summed E-state index contributed by atoms with van der Waals surface area (Å²) in [6.07, 6.45) is 0. The Labute approximate surface area is 157 Å². The lowest BCUT2D eigenvalue weighted by Crippen LogP contribution is -2.14. The molecule has 0 heterocycles. The average molecular weight is 386 g/mol. The first kappa shape index (κ1) is 18.2. The van der Waals surface area contributed by atoms with Crippen molar-refractivity contribution in [3.63, 3.8) is 0 Å². The zero-order valence-electron chi connectivity index (χ0n) is 14.0. The lowest BCUT2D eigenvalue weighted by molar-refractivity contribution is 0.546. The molecule has 0 aliphatic rings. The normalized spacial score (nSPS) is 12.0. The molecule has 6 heteroatoms. The molecule has 0 saturated heterocycles. The van der Waals surface area contributed by atoms with Crippen LogP contribution < -0.4 is 4.74 Å². The maximum Gasteiger partial charge on any atom is 0.285 e. The molecule has 0 bridgehead atoms. The second-order valence-electron chi connectivity index (χ2n) is 5.56. The predicted molar refractivity (Wildman–Crippen MR) is 103 cm³/mol. The Bertz CT molecular complexity index is 1030. The van der Waals surface area contributed by atoms with Gasteiger partial charge in [-0.3, -0.25) is 0 Å². The van der Waals surface area contributed by atoms with Gasteiger partial charge in [0.05, 0.1) is 4.90 Å². The molecule has 0 fully saturated rings. The van der Waals surface area contributed by atoms with Crippen molar-refractivity contribution in [3.8, 4) is 5.75 Å². The number of rotatable bonds is 4. The number of sulfonamides is 1. The summed E-state index contributed by atoms with van der Waals surface area (Å²) >= 11 is 5.83. The fourth-order valence-electron chi connectivity index (χ4n) is 2.25. The summed E-state index contributed by atoms with van der Waals surface area (Å²) in [6.45, 7) is 1.88. The minimum atomic E-state index is -3.95. The van der Waals surface area contributed by atoms with Crippen LogP contribution in [0.2, 0.25) is 5.02 Å². The van der Waals surface area contributed by atoms with Gasteiger partial charge in [-0.15, -0.1) is 4.40 Å². The first-order valence-corrected chi connectivity index (χ1v) is 9.67. The van der Waals surface area contributed by atoms with E-state index in [1.54, 1.807) is 30.3 Å². The third-order valence-electron chi connectivity index (χ3n) is 3.64. The van der Waals surface area contributed by atoms with Crippen molar-refractivity contribution in [3.05, 3.63) is 95.0 Å². The van der Waals surface area contributed by atoms with Gasteiger partial charge in [-0.1, -0.05) is 48.0 Å². The average Bonchev–Trinajstić information content (AvgIpc) is 2.64. The Morgan fingerprint density at radius 3 is 2.15 bits per heavy atom. The lowest BCUT2D eigenvalue weighted by atomic mass is 10.2. The minimum Gasteiger partial charge on any atom is -0.437 e. The number of ether oxygens (including phenoxy) is 1. The van der Waals surface area contributed by atoms with Gasteiger partial charge in [-0.05, 0) is 55.0 Å². The summed E-state index contributed by atoms with van der Waals surface area (Å²) in [5.74, 6) is 0.552. The predicted octanol–water partition coefficient (Wildman–Crippen LogP) is 4.86. The summed E-state index contributed by atoms with van der Waals surface area (Å²) in [5, 5.41) is 0.451. The van der Waals surface area contributed by atoms with Gasteiger partial charge in [0.25, 0.3) is 10.0 Å². The first-order valence-electron chi connectivity index (χ1n) is 7.85. The van der Waals surface area contributed by atoms with E-state index in [1.165, 1.54) is 24.3 Å². The highest BCUT2D eigenvalue weighted by Gasteiger charge is 2.17. The molecule has 0 aromatic heterocycles. The van der Waals surface area contributed by atoms with Crippen molar-refractivity contribution in [1.82, 2.24) is 0 Å². The molecule has 0 N–H and O–H groups in total. The van der Waals surface area contributed by atoms with Crippen LogP contribution in [-0.2, 0) is 10.0 Å². The van der Waals surface area contributed by atoms with E-state index >= 15 is 0 Å². The van der Waals surface area contributed by atoms with Crippen LogP contribution in [0.4, 0.5) is 0 Å². The highest BCUT2D eigenvalue weighted by atomic mass is 35.5. The Morgan fingerprint density at radius 1 is 0.885 bits per heavy atom. The number of benzene rings is 3. The maximum atomic E-state index is 12.7. The van der Waals surface area contributed by atoms with Crippen LogP contribution in [0, 0.1) is 6.92 Å². The van der Waals surface area contributed by atoms with Gasteiger partial charge in [0.2, 0.25) is 5.90 Å². The molecule has 0 aliphatic heterocycles. The topological polar surface area (TPSA) is 55.7 Å². The molecule has 3 rings (SSSR count). The molecule has 3 aromatic carbocycles. The molecule has 26 heavy (non-hydrogen) atoms. The van der Waals surface area contributed by atoms with Gasteiger partial charge in [0.1, 0.15) is 5.75 Å². The molecular weight excluding hydrogens is 370 g/mol. The van der Waals surface area contributed by atoms with E-state index in [0.29, 0.717) is 16.3 Å². The minimum absolute atomic E-state index is 0.00912. The van der Waals surface area contributed by atoms with Gasteiger partial charge >= 0.3 is 0 Å². The van der Waals surface area contributed by atoms with Gasteiger partial charge in [-0.2, -0.15) is 8.42 Å². The van der Waals surface area contributed by atoms with Gasteiger partial charge in [0.15, 0.2) is 0 Å². The van der Waals surface area contributed by atoms with Crippen molar-refractivity contribution in [1.29, 1.82) is 0 Å². The van der Waals surface area contributed by atoms with E-state index in [-0.39, 0.29) is 10.8 Å². The van der Waals surface area contributed by atoms with E-state index in [4.69, 9.17) is 16.3 Å². The van der Waals surface area contributed by atoms with E-state index in [2.05, 4.69) is 4.40 Å². The molecule has 3 aromatic rings. The number of halogens is 1. The van der Waals surface area contributed by atoms with Crippen LogP contribution >= 0.6 is 11.6 Å². The molecule has 4 nitrogen and oxygen atoms in total. The van der Waals surface area contributed by atoms with Crippen LogP contribution in [0.25, 0.3) is 0 Å². The van der Waals surface area contributed by atoms with Gasteiger partial charge in [-0.25, -0.2) is 0 Å². The van der Waals surface area contributed by atoms with E-state index in [1.807, 2.05) is 31.2 Å². The van der Waals surface area contributed by atoms with Crippen LogP contribution in [0.1, 0.15) is 11.1 Å². The summed E-state index contributed by atoms with van der Waals surface area (Å²) in [7, 11) is -3.95. The highest BCUT2D eigenvalue weighted by Crippen LogP contribution is 2.21. The van der Waals surface area contributed by atoms with Crippen LogP contribution in [0.3, 0.4) is 0 Å².